The van der Waals surface area contributed by atoms with Gasteiger partial charge in [0.05, 0.1) is 6.10 Å². The fourth-order valence-electron chi connectivity index (χ4n) is 0.900. The Morgan fingerprint density at radius 3 is 2.67 bits per heavy atom. The van der Waals surface area contributed by atoms with Crippen LogP contribution in [-0.4, -0.2) is 21.7 Å². The molecule has 0 fully saturated rings. The lowest BCUT2D eigenvalue weighted by molar-refractivity contribution is 0.109. The summed E-state index contributed by atoms with van der Waals surface area (Å²) in [6, 6.07) is 3.06. The molecule has 0 aliphatic rings. The van der Waals surface area contributed by atoms with Gasteiger partial charge in [-0.3, -0.25) is 0 Å². The first-order valence-electron chi connectivity index (χ1n) is 4.40. The van der Waals surface area contributed by atoms with Crippen molar-refractivity contribution in [2.24, 2.45) is 0 Å². The number of ether oxygens (including phenoxy) is 1. The van der Waals surface area contributed by atoms with Gasteiger partial charge >= 0.3 is 0 Å². The minimum Gasteiger partial charge on any atom is -0.488 e. The third-order valence-electron chi connectivity index (χ3n) is 1.83. The van der Waals surface area contributed by atoms with Crippen molar-refractivity contribution in [1.29, 1.82) is 0 Å². The van der Waals surface area contributed by atoms with Crippen LogP contribution in [0.25, 0.3) is 0 Å². The van der Waals surface area contributed by atoms with Crippen LogP contribution in [0.3, 0.4) is 0 Å². The van der Waals surface area contributed by atoms with E-state index >= 15 is 0 Å². The first-order chi connectivity index (χ1) is 7.00. The summed E-state index contributed by atoms with van der Waals surface area (Å²) in [4.78, 5) is 0. The first-order valence-corrected chi connectivity index (χ1v) is 5.65. The smallest absolute Gasteiger partial charge is 0.167 e. The number of aliphatic hydroxyl groups is 1. The van der Waals surface area contributed by atoms with Crippen molar-refractivity contribution in [1.82, 2.24) is 0 Å². The molecule has 2 atom stereocenters. The molecule has 0 spiro atoms. The third-order valence-corrected chi connectivity index (χ3v) is 2.66. The van der Waals surface area contributed by atoms with Gasteiger partial charge in [0.15, 0.2) is 11.6 Å². The molecule has 0 amide bonds. The summed E-state index contributed by atoms with van der Waals surface area (Å²) in [7, 11) is 0. The maximum atomic E-state index is 13.1. The average molecular weight is 328 g/mol. The lowest BCUT2D eigenvalue weighted by atomic mass is 10.3. The van der Waals surface area contributed by atoms with Crippen molar-refractivity contribution >= 4 is 22.6 Å². The molecule has 0 saturated carbocycles. The van der Waals surface area contributed by atoms with Gasteiger partial charge in [-0.05, 0) is 12.1 Å². The lowest BCUT2D eigenvalue weighted by Gasteiger charge is -2.14. The fourth-order valence-corrected chi connectivity index (χ4v) is 1.11. The summed E-state index contributed by atoms with van der Waals surface area (Å²) in [6.45, 7) is 1.81. The van der Waals surface area contributed by atoms with Gasteiger partial charge in [-0.1, -0.05) is 29.5 Å². The van der Waals surface area contributed by atoms with E-state index in [4.69, 9.17) is 4.74 Å². The topological polar surface area (TPSA) is 29.5 Å². The van der Waals surface area contributed by atoms with Crippen LogP contribution in [-0.2, 0) is 0 Å². The summed E-state index contributed by atoms with van der Waals surface area (Å²) in [5.41, 5.74) is 0. The molecular weight excluding hydrogens is 317 g/mol. The number of aliphatic hydroxyl groups excluding tert-OH is 1. The molecule has 0 aromatic heterocycles. The molecule has 5 heteroatoms. The fraction of sp³-hybridized carbons (Fsp3) is 0.400. The number of hydrogen-bond donors (Lipinski definition) is 1. The molecule has 1 aromatic rings. The van der Waals surface area contributed by atoms with Crippen molar-refractivity contribution in [3.8, 4) is 5.75 Å². The van der Waals surface area contributed by atoms with Crippen LogP contribution in [0.15, 0.2) is 18.2 Å². The maximum Gasteiger partial charge on any atom is 0.167 e. The standard InChI is InChI=1S/C10H11F2IO2/c1-6(13)9(14)5-15-10-3-2-7(11)4-8(10)12/h2-4,6,9,14H,5H2,1H3/t6-,9+/m0/s1. The Morgan fingerprint density at radius 1 is 1.47 bits per heavy atom. The first kappa shape index (κ1) is 12.6. The molecule has 0 saturated heterocycles. The van der Waals surface area contributed by atoms with Crippen molar-refractivity contribution in [2.45, 2.75) is 17.0 Å². The highest BCUT2D eigenvalue weighted by molar-refractivity contribution is 14.1. The zero-order valence-corrected chi connectivity index (χ0v) is 10.2. The summed E-state index contributed by atoms with van der Waals surface area (Å²) in [5, 5.41) is 9.40. The Balaban J connectivity index is 2.58. The molecular formula is C10H11F2IO2. The van der Waals surface area contributed by atoms with E-state index in [0.717, 1.165) is 12.1 Å². The largest absolute Gasteiger partial charge is 0.488 e. The zero-order chi connectivity index (χ0) is 11.4. The lowest BCUT2D eigenvalue weighted by Crippen LogP contribution is -2.25. The van der Waals surface area contributed by atoms with Crippen LogP contribution in [0.4, 0.5) is 8.78 Å². The van der Waals surface area contributed by atoms with Crippen LogP contribution >= 0.6 is 22.6 Å². The van der Waals surface area contributed by atoms with Gasteiger partial charge in [-0.25, -0.2) is 8.78 Å². The molecule has 1 aromatic carbocycles. The number of rotatable bonds is 4. The molecule has 0 aliphatic carbocycles. The van der Waals surface area contributed by atoms with Gasteiger partial charge in [0.25, 0.3) is 0 Å². The molecule has 0 aliphatic heterocycles. The van der Waals surface area contributed by atoms with Crippen LogP contribution in [0.2, 0.25) is 0 Å². The molecule has 0 radical (unpaired) electrons. The minimum atomic E-state index is -0.761. The second kappa shape index (κ2) is 5.60. The predicted octanol–water partition coefficient (Wildman–Crippen LogP) is 2.53. The summed E-state index contributed by atoms with van der Waals surface area (Å²) in [5.74, 6) is -1.46. The molecule has 1 N–H and O–H groups in total. The highest BCUT2D eigenvalue weighted by Crippen LogP contribution is 2.18. The van der Waals surface area contributed by atoms with Gasteiger partial charge in [0.1, 0.15) is 12.4 Å². The molecule has 2 nitrogen and oxygen atoms in total. The third kappa shape index (κ3) is 3.90. The Labute approximate surface area is 100 Å². The molecule has 0 heterocycles. The van der Waals surface area contributed by atoms with Gasteiger partial charge in [-0.2, -0.15) is 0 Å². The summed E-state index contributed by atoms with van der Waals surface area (Å²) in [6.07, 6.45) is -0.671. The average Bonchev–Trinajstić information content (AvgIpc) is 2.15. The Hall–Kier alpha value is -0.430. The predicted molar refractivity (Wildman–Crippen MR) is 61.3 cm³/mol. The highest BCUT2D eigenvalue weighted by atomic mass is 127. The molecule has 15 heavy (non-hydrogen) atoms. The van der Waals surface area contributed by atoms with Gasteiger partial charge < -0.3 is 9.84 Å². The molecule has 0 bridgehead atoms. The zero-order valence-electron chi connectivity index (χ0n) is 8.08. The number of alkyl halides is 1. The second-order valence-electron chi connectivity index (χ2n) is 3.13. The van der Waals surface area contributed by atoms with Crippen molar-refractivity contribution in [3.05, 3.63) is 29.8 Å². The Bertz CT molecular complexity index is 331. The monoisotopic (exact) mass is 328 g/mol. The van der Waals surface area contributed by atoms with E-state index in [0.29, 0.717) is 0 Å². The Kier molecular flexibility index (Phi) is 4.72. The van der Waals surface area contributed by atoms with E-state index in [2.05, 4.69) is 0 Å². The van der Waals surface area contributed by atoms with Crippen molar-refractivity contribution in [2.75, 3.05) is 6.61 Å². The van der Waals surface area contributed by atoms with Gasteiger partial charge in [0, 0.05) is 9.99 Å². The summed E-state index contributed by atoms with van der Waals surface area (Å²) >= 11 is 2.04. The van der Waals surface area contributed by atoms with Crippen LogP contribution < -0.4 is 4.74 Å². The van der Waals surface area contributed by atoms with Crippen molar-refractivity contribution in [3.63, 3.8) is 0 Å². The molecule has 1 rings (SSSR count). The quantitative estimate of drug-likeness (QED) is 0.680. The SMILES string of the molecule is C[C@H](I)[C@H](O)COc1ccc(F)cc1F. The summed E-state index contributed by atoms with van der Waals surface area (Å²) < 4.78 is 30.6. The van der Waals surface area contributed by atoms with Crippen molar-refractivity contribution < 1.29 is 18.6 Å². The number of hydrogen-bond acceptors (Lipinski definition) is 2. The van der Waals surface area contributed by atoms with Crippen LogP contribution in [0.5, 0.6) is 5.75 Å². The van der Waals surface area contributed by atoms with Gasteiger partial charge in [-0.15, -0.1) is 0 Å². The maximum absolute atomic E-state index is 13.1. The van der Waals surface area contributed by atoms with Crippen LogP contribution in [0.1, 0.15) is 6.92 Å². The van der Waals surface area contributed by atoms with E-state index in [1.807, 2.05) is 29.5 Å². The molecule has 0 unspecified atom stereocenters. The number of halogens is 3. The minimum absolute atomic E-state index is 0.00566. The highest BCUT2D eigenvalue weighted by Gasteiger charge is 2.12. The Morgan fingerprint density at radius 2 is 2.13 bits per heavy atom. The van der Waals surface area contributed by atoms with E-state index in [1.165, 1.54) is 6.07 Å². The second-order valence-corrected chi connectivity index (χ2v) is 5.10. The van der Waals surface area contributed by atoms with Crippen LogP contribution in [0, 0.1) is 11.6 Å². The number of benzene rings is 1. The normalized spacial score (nSPS) is 14.7. The molecule has 84 valence electrons. The van der Waals surface area contributed by atoms with E-state index in [-0.39, 0.29) is 16.3 Å². The van der Waals surface area contributed by atoms with E-state index < -0.39 is 17.7 Å². The van der Waals surface area contributed by atoms with E-state index in [9.17, 15) is 13.9 Å². The van der Waals surface area contributed by atoms with Gasteiger partial charge in [0.2, 0.25) is 0 Å². The van der Waals surface area contributed by atoms with E-state index in [1.54, 1.807) is 0 Å².